The van der Waals surface area contributed by atoms with Crippen LogP contribution in [0.2, 0.25) is 0 Å². The maximum absolute atomic E-state index is 10.7. The molecule has 0 aromatic carbocycles. The van der Waals surface area contributed by atoms with Crippen LogP contribution in [0.25, 0.3) is 0 Å². The lowest BCUT2D eigenvalue weighted by molar-refractivity contribution is -0.291. The molecular formula is C11H21O7P. The van der Waals surface area contributed by atoms with Crippen molar-refractivity contribution >= 4 is 13.6 Å². The summed E-state index contributed by atoms with van der Waals surface area (Å²) in [4.78, 5) is 37.1. The van der Waals surface area contributed by atoms with Gasteiger partial charge in [-0.15, -0.1) is 0 Å². The maximum atomic E-state index is 10.7. The van der Waals surface area contributed by atoms with Crippen LogP contribution < -0.4 is 0 Å². The fourth-order valence-corrected chi connectivity index (χ4v) is 1.43. The summed E-state index contributed by atoms with van der Waals surface area (Å²) in [6.07, 6.45) is 4.12. The molecule has 0 spiro atoms. The average molecular weight is 296 g/mol. The number of carbonyl (C=O) groups excluding carboxylic acids is 1. The second-order valence-electron chi connectivity index (χ2n) is 3.82. The normalized spacial score (nSPS) is 11.3. The molecule has 19 heavy (non-hydrogen) atoms. The van der Waals surface area contributed by atoms with E-state index in [2.05, 4.69) is 11.5 Å². The Morgan fingerprint density at radius 1 is 1.05 bits per heavy atom. The Hall–Kier alpha value is -0.720. The van der Waals surface area contributed by atoms with Crippen LogP contribution in [0, 0.1) is 0 Å². The lowest BCUT2D eigenvalue weighted by Crippen LogP contribution is -2.04. The molecule has 0 aromatic heterocycles. The Labute approximate surface area is 112 Å². The van der Waals surface area contributed by atoms with Gasteiger partial charge in [0.1, 0.15) is 0 Å². The van der Waals surface area contributed by atoms with Crippen LogP contribution in [0.4, 0.5) is 0 Å². The van der Waals surface area contributed by atoms with E-state index in [1.807, 2.05) is 0 Å². The summed E-state index contributed by atoms with van der Waals surface area (Å²) in [6, 6.07) is 0. The molecule has 112 valence electrons. The lowest BCUT2D eigenvalue weighted by atomic mass is 10.2. The van der Waals surface area contributed by atoms with Crippen molar-refractivity contribution in [1.82, 2.24) is 0 Å². The van der Waals surface area contributed by atoms with Crippen molar-refractivity contribution < 1.29 is 33.7 Å². The van der Waals surface area contributed by atoms with Crippen molar-refractivity contribution in [3.8, 4) is 0 Å². The molecule has 0 amide bonds. The third-order valence-electron chi connectivity index (χ3n) is 2.08. The molecule has 0 atom stereocenters. The van der Waals surface area contributed by atoms with Gasteiger partial charge in [-0.2, -0.15) is 0 Å². The molecule has 0 rings (SSSR count). The molecule has 2 N–H and O–H groups in total. The molecule has 0 aliphatic carbocycles. The first-order chi connectivity index (χ1) is 8.95. The highest BCUT2D eigenvalue weighted by Gasteiger charge is 2.11. The molecule has 0 saturated carbocycles. The first-order valence-electron chi connectivity index (χ1n) is 6.04. The minimum absolute atomic E-state index is 0.123. The van der Waals surface area contributed by atoms with E-state index < -0.39 is 13.6 Å². The highest BCUT2D eigenvalue weighted by Crippen LogP contribution is 2.33. The third kappa shape index (κ3) is 15.2. The standard InChI is InChI=1S/C11H21O7P/c1-2-11(12)16-7-5-3-4-6-8-17-18-9-10-19(13,14)15/h2H,1,3-10H2,(H2,13,14,15). The van der Waals surface area contributed by atoms with Crippen molar-refractivity contribution in [2.24, 2.45) is 0 Å². The Bertz CT molecular complexity index is 299. The fraction of sp³-hybridized carbons (Fsp3) is 0.727. The summed E-state index contributed by atoms with van der Waals surface area (Å²) < 4.78 is 15.2. The van der Waals surface area contributed by atoms with Gasteiger partial charge in [-0.3, -0.25) is 4.57 Å². The van der Waals surface area contributed by atoms with Gasteiger partial charge < -0.3 is 14.5 Å². The molecular weight excluding hydrogens is 275 g/mol. The van der Waals surface area contributed by atoms with Crippen molar-refractivity contribution in [1.29, 1.82) is 0 Å². The van der Waals surface area contributed by atoms with Gasteiger partial charge in [-0.1, -0.05) is 13.0 Å². The molecule has 0 heterocycles. The van der Waals surface area contributed by atoms with E-state index in [9.17, 15) is 9.36 Å². The van der Waals surface area contributed by atoms with E-state index in [0.29, 0.717) is 13.2 Å². The molecule has 7 nitrogen and oxygen atoms in total. The van der Waals surface area contributed by atoms with E-state index in [1.165, 1.54) is 0 Å². The quantitative estimate of drug-likeness (QED) is 0.140. The van der Waals surface area contributed by atoms with Gasteiger partial charge in [0.05, 0.1) is 26.0 Å². The fourth-order valence-electron chi connectivity index (χ4n) is 1.12. The van der Waals surface area contributed by atoms with E-state index >= 15 is 0 Å². The van der Waals surface area contributed by atoms with Crippen LogP contribution in [-0.4, -0.2) is 41.7 Å². The second-order valence-corrected chi connectivity index (χ2v) is 5.59. The van der Waals surface area contributed by atoms with Gasteiger partial charge in [0, 0.05) is 6.08 Å². The van der Waals surface area contributed by atoms with Crippen molar-refractivity contribution in [2.45, 2.75) is 25.7 Å². The van der Waals surface area contributed by atoms with E-state index in [1.54, 1.807) is 0 Å². The Morgan fingerprint density at radius 3 is 2.21 bits per heavy atom. The number of hydrogen-bond acceptors (Lipinski definition) is 5. The molecule has 0 fully saturated rings. The number of rotatable bonds is 12. The average Bonchev–Trinajstić information content (AvgIpc) is 2.34. The van der Waals surface area contributed by atoms with E-state index in [4.69, 9.17) is 19.4 Å². The largest absolute Gasteiger partial charge is 0.463 e. The Kier molecular flexibility index (Phi) is 10.7. The zero-order valence-electron chi connectivity index (χ0n) is 10.8. The minimum atomic E-state index is -4.00. The van der Waals surface area contributed by atoms with Crippen molar-refractivity contribution in [2.75, 3.05) is 26.0 Å². The molecule has 0 aromatic rings. The number of hydrogen-bond donors (Lipinski definition) is 2. The predicted molar refractivity (Wildman–Crippen MR) is 68.4 cm³/mol. The van der Waals surface area contributed by atoms with Crippen LogP contribution in [0.15, 0.2) is 12.7 Å². The van der Waals surface area contributed by atoms with E-state index in [-0.39, 0.29) is 12.8 Å². The minimum Gasteiger partial charge on any atom is -0.463 e. The smallest absolute Gasteiger partial charge is 0.330 e. The van der Waals surface area contributed by atoms with E-state index in [0.717, 1.165) is 31.8 Å². The number of ether oxygens (including phenoxy) is 1. The van der Waals surface area contributed by atoms with Gasteiger partial charge in [-0.25, -0.2) is 14.6 Å². The van der Waals surface area contributed by atoms with Crippen LogP contribution >= 0.6 is 7.60 Å². The zero-order valence-corrected chi connectivity index (χ0v) is 11.7. The molecule has 0 bridgehead atoms. The topological polar surface area (TPSA) is 102 Å². The molecule has 0 unspecified atom stereocenters. The number of carbonyl (C=O) groups is 1. The van der Waals surface area contributed by atoms with Gasteiger partial charge in [-0.05, 0) is 19.3 Å². The third-order valence-corrected chi connectivity index (χ3v) is 2.85. The van der Waals surface area contributed by atoms with Crippen LogP contribution in [0.5, 0.6) is 0 Å². The second kappa shape index (κ2) is 11.1. The highest BCUT2D eigenvalue weighted by molar-refractivity contribution is 7.51. The van der Waals surface area contributed by atoms with Gasteiger partial charge in [0.2, 0.25) is 0 Å². The molecule has 0 radical (unpaired) electrons. The van der Waals surface area contributed by atoms with Crippen LogP contribution in [-0.2, 0) is 23.9 Å². The predicted octanol–water partition coefficient (Wildman–Crippen LogP) is 1.40. The molecule has 0 aliphatic rings. The molecule has 8 heteroatoms. The molecule has 0 saturated heterocycles. The molecule has 0 aliphatic heterocycles. The zero-order chi connectivity index (χ0) is 14.6. The highest BCUT2D eigenvalue weighted by atomic mass is 31.2. The first kappa shape index (κ1) is 18.3. The Balaban J connectivity index is 3.13. The Morgan fingerprint density at radius 2 is 1.63 bits per heavy atom. The summed E-state index contributed by atoms with van der Waals surface area (Å²) in [5, 5.41) is 0. The number of esters is 1. The summed E-state index contributed by atoms with van der Waals surface area (Å²) in [5.74, 6) is -0.415. The lowest BCUT2D eigenvalue weighted by Gasteiger charge is -2.05. The van der Waals surface area contributed by atoms with Crippen molar-refractivity contribution in [3.05, 3.63) is 12.7 Å². The van der Waals surface area contributed by atoms with Gasteiger partial charge in [0.25, 0.3) is 0 Å². The monoisotopic (exact) mass is 296 g/mol. The van der Waals surface area contributed by atoms with Crippen molar-refractivity contribution in [3.63, 3.8) is 0 Å². The summed E-state index contributed by atoms with van der Waals surface area (Å²) in [6.45, 7) is 3.91. The van der Waals surface area contributed by atoms with Gasteiger partial charge >= 0.3 is 13.6 Å². The summed E-state index contributed by atoms with van der Waals surface area (Å²) >= 11 is 0. The van der Waals surface area contributed by atoms with Crippen LogP contribution in [0.1, 0.15) is 25.7 Å². The maximum Gasteiger partial charge on any atom is 0.330 e. The first-order valence-corrected chi connectivity index (χ1v) is 7.83. The van der Waals surface area contributed by atoms with Crippen LogP contribution in [0.3, 0.4) is 0 Å². The summed E-state index contributed by atoms with van der Waals surface area (Å²) in [5.41, 5.74) is 0. The summed E-state index contributed by atoms with van der Waals surface area (Å²) in [7, 11) is -4.00. The number of unbranched alkanes of at least 4 members (excludes halogenated alkanes) is 3. The SMILES string of the molecule is C=CC(=O)OCCCCCCOOCCP(=O)(O)O. The van der Waals surface area contributed by atoms with Gasteiger partial charge in [0.15, 0.2) is 0 Å².